The van der Waals surface area contributed by atoms with Crippen LogP contribution >= 0.6 is 15.9 Å². The first-order chi connectivity index (χ1) is 9.65. The van der Waals surface area contributed by atoms with Crippen molar-refractivity contribution in [1.29, 1.82) is 0 Å². The lowest BCUT2D eigenvalue weighted by Gasteiger charge is -2.07. The normalized spacial score (nSPS) is 10.7. The Morgan fingerprint density at radius 2 is 2.15 bits per heavy atom. The molecule has 2 aromatic carbocycles. The van der Waals surface area contributed by atoms with Crippen molar-refractivity contribution in [2.24, 2.45) is 0 Å². The number of aryl methyl sites for hydroxylation is 1. The zero-order valence-corrected chi connectivity index (χ0v) is 12.4. The number of aromatic amines is 1. The third-order valence-electron chi connectivity index (χ3n) is 3.16. The second kappa shape index (κ2) is 5.09. The van der Waals surface area contributed by atoms with E-state index in [4.69, 9.17) is 0 Å². The molecule has 1 amide bonds. The van der Waals surface area contributed by atoms with Gasteiger partial charge in [-0.25, -0.2) is 0 Å². The molecule has 2 N–H and O–H groups in total. The number of amides is 1. The van der Waals surface area contributed by atoms with Gasteiger partial charge in [-0.2, -0.15) is 5.10 Å². The zero-order valence-electron chi connectivity index (χ0n) is 10.8. The van der Waals surface area contributed by atoms with Crippen molar-refractivity contribution in [3.8, 4) is 0 Å². The molecule has 0 aliphatic rings. The molecule has 20 heavy (non-hydrogen) atoms. The maximum Gasteiger partial charge on any atom is 0.255 e. The molecule has 0 atom stereocenters. The van der Waals surface area contributed by atoms with E-state index in [9.17, 15) is 4.79 Å². The Kier molecular flexibility index (Phi) is 3.28. The molecule has 0 aliphatic carbocycles. The Labute approximate surface area is 124 Å². The van der Waals surface area contributed by atoms with Crippen molar-refractivity contribution in [3.63, 3.8) is 0 Å². The Morgan fingerprint density at radius 1 is 1.30 bits per heavy atom. The van der Waals surface area contributed by atoms with Gasteiger partial charge in [-0.15, -0.1) is 0 Å². The van der Waals surface area contributed by atoms with Crippen LogP contribution < -0.4 is 5.32 Å². The largest absolute Gasteiger partial charge is 0.320 e. The van der Waals surface area contributed by atoms with E-state index in [-0.39, 0.29) is 5.91 Å². The van der Waals surface area contributed by atoms with Crippen LogP contribution in [0.4, 0.5) is 5.69 Å². The van der Waals surface area contributed by atoms with Crippen molar-refractivity contribution < 1.29 is 4.79 Å². The quantitative estimate of drug-likeness (QED) is 0.749. The van der Waals surface area contributed by atoms with Gasteiger partial charge in [-0.1, -0.05) is 34.1 Å². The molecule has 0 saturated carbocycles. The molecule has 0 bridgehead atoms. The molecular formula is C15H12BrN3O. The molecule has 100 valence electrons. The van der Waals surface area contributed by atoms with E-state index in [0.717, 1.165) is 26.6 Å². The van der Waals surface area contributed by atoms with Gasteiger partial charge in [-0.05, 0) is 30.7 Å². The van der Waals surface area contributed by atoms with E-state index in [1.54, 1.807) is 6.20 Å². The molecular weight excluding hydrogens is 318 g/mol. The van der Waals surface area contributed by atoms with Crippen LogP contribution in [0.1, 0.15) is 15.9 Å². The molecule has 4 nitrogen and oxygen atoms in total. The topological polar surface area (TPSA) is 57.8 Å². The summed E-state index contributed by atoms with van der Waals surface area (Å²) in [5.41, 5.74) is 3.25. The van der Waals surface area contributed by atoms with Crippen molar-refractivity contribution in [1.82, 2.24) is 10.2 Å². The highest BCUT2D eigenvalue weighted by molar-refractivity contribution is 9.10. The lowest BCUT2D eigenvalue weighted by molar-refractivity contribution is 0.102. The number of carbonyl (C=O) groups excluding carboxylic acids is 1. The number of hydrogen-bond donors (Lipinski definition) is 2. The van der Waals surface area contributed by atoms with E-state index in [0.29, 0.717) is 5.56 Å². The third kappa shape index (κ3) is 2.32. The van der Waals surface area contributed by atoms with Crippen LogP contribution in [0.15, 0.2) is 47.1 Å². The fraction of sp³-hybridized carbons (Fsp3) is 0.0667. The van der Waals surface area contributed by atoms with Gasteiger partial charge in [0.2, 0.25) is 0 Å². The highest BCUT2D eigenvalue weighted by Gasteiger charge is 2.10. The first-order valence-corrected chi connectivity index (χ1v) is 6.94. The highest BCUT2D eigenvalue weighted by atomic mass is 79.9. The van der Waals surface area contributed by atoms with Crippen LogP contribution in [0, 0.1) is 6.92 Å². The fourth-order valence-corrected chi connectivity index (χ4v) is 2.38. The van der Waals surface area contributed by atoms with Crippen LogP contribution in [-0.2, 0) is 0 Å². The van der Waals surface area contributed by atoms with Crippen molar-refractivity contribution in [3.05, 3.63) is 58.2 Å². The van der Waals surface area contributed by atoms with E-state index < -0.39 is 0 Å². The summed E-state index contributed by atoms with van der Waals surface area (Å²) in [5, 5.41) is 10.7. The molecule has 0 spiro atoms. The summed E-state index contributed by atoms with van der Waals surface area (Å²) in [4.78, 5) is 12.3. The molecule has 0 unspecified atom stereocenters. The van der Waals surface area contributed by atoms with Gasteiger partial charge in [0.05, 0.1) is 17.4 Å². The smallest absolute Gasteiger partial charge is 0.255 e. The molecule has 1 aromatic heterocycles. The number of para-hydroxylation sites is 1. The lowest BCUT2D eigenvalue weighted by Crippen LogP contribution is -2.12. The minimum absolute atomic E-state index is 0.146. The summed E-state index contributed by atoms with van der Waals surface area (Å²) in [6.45, 7) is 1.98. The average molecular weight is 330 g/mol. The SMILES string of the molecule is Cc1ccc(C(=O)Nc2cccc3cn[nH]c23)cc1Br. The Morgan fingerprint density at radius 3 is 2.95 bits per heavy atom. The number of rotatable bonds is 2. The number of anilines is 1. The van der Waals surface area contributed by atoms with Gasteiger partial charge >= 0.3 is 0 Å². The second-order valence-electron chi connectivity index (χ2n) is 4.56. The molecule has 0 fully saturated rings. The number of H-pyrrole nitrogens is 1. The van der Waals surface area contributed by atoms with Gasteiger partial charge in [0, 0.05) is 15.4 Å². The number of hydrogen-bond acceptors (Lipinski definition) is 2. The number of fused-ring (bicyclic) bond motifs is 1. The van der Waals surface area contributed by atoms with Crippen molar-refractivity contribution in [2.45, 2.75) is 6.92 Å². The molecule has 3 aromatic rings. The van der Waals surface area contributed by atoms with Crippen LogP contribution in [0.2, 0.25) is 0 Å². The monoisotopic (exact) mass is 329 g/mol. The fourth-order valence-electron chi connectivity index (χ4n) is 2.00. The molecule has 1 heterocycles. The van der Waals surface area contributed by atoms with Gasteiger partial charge in [0.1, 0.15) is 0 Å². The molecule has 0 saturated heterocycles. The number of carbonyl (C=O) groups is 1. The number of nitrogens with zero attached hydrogens (tertiary/aromatic N) is 1. The average Bonchev–Trinajstić information content (AvgIpc) is 2.91. The van der Waals surface area contributed by atoms with E-state index in [1.807, 2.05) is 43.3 Å². The first-order valence-electron chi connectivity index (χ1n) is 6.15. The molecule has 0 aliphatic heterocycles. The predicted molar refractivity (Wildman–Crippen MR) is 82.9 cm³/mol. The summed E-state index contributed by atoms with van der Waals surface area (Å²) in [6.07, 6.45) is 1.73. The van der Waals surface area contributed by atoms with E-state index in [1.165, 1.54) is 0 Å². The van der Waals surface area contributed by atoms with E-state index in [2.05, 4.69) is 31.4 Å². The lowest BCUT2D eigenvalue weighted by atomic mass is 10.1. The van der Waals surface area contributed by atoms with Crippen LogP contribution in [0.25, 0.3) is 10.9 Å². The Bertz CT molecular complexity index is 795. The van der Waals surface area contributed by atoms with E-state index >= 15 is 0 Å². The summed E-state index contributed by atoms with van der Waals surface area (Å²) in [5.74, 6) is -0.146. The summed E-state index contributed by atoms with van der Waals surface area (Å²) in [6, 6.07) is 11.2. The highest BCUT2D eigenvalue weighted by Crippen LogP contribution is 2.22. The summed E-state index contributed by atoms with van der Waals surface area (Å²) in [7, 11) is 0. The van der Waals surface area contributed by atoms with Crippen molar-refractivity contribution in [2.75, 3.05) is 5.32 Å². The number of benzene rings is 2. The number of halogens is 1. The van der Waals surface area contributed by atoms with Gasteiger partial charge in [-0.3, -0.25) is 9.89 Å². The first kappa shape index (κ1) is 12.9. The van der Waals surface area contributed by atoms with Crippen LogP contribution in [0.5, 0.6) is 0 Å². The standard InChI is InChI=1S/C15H12BrN3O/c1-9-5-6-10(7-12(9)16)15(20)18-13-4-2-3-11-8-17-19-14(11)13/h2-8H,1H3,(H,17,19)(H,18,20). The van der Waals surface area contributed by atoms with Crippen LogP contribution in [-0.4, -0.2) is 16.1 Å². The molecule has 5 heteroatoms. The Balaban J connectivity index is 1.92. The third-order valence-corrected chi connectivity index (χ3v) is 4.01. The maximum atomic E-state index is 12.3. The molecule has 0 radical (unpaired) electrons. The van der Waals surface area contributed by atoms with Gasteiger partial charge in [0.25, 0.3) is 5.91 Å². The zero-order chi connectivity index (χ0) is 14.1. The molecule has 3 rings (SSSR count). The van der Waals surface area contributed by atoms with Crippen molar-refractivity contribution >= 4 is 38.4 Å². The Hall–Kier alpha value is -2.14. The summed E-state index contributed by atoms with van der Waals surface area (Å²) >= 11 is 3.44. The van der Waals surface area contributed by atoms with Gasteiger partial charge in [0.15, 0.2) is 0 Å². The minimum atomic E-state index is -0.146. The summed E-state index contributed by atoms with van der Waals surface area (Å²) < 4.78 is 0.921. The second-order valence-corrected chi connectivity index (χ2v) is 5.41. The van der Waals surface area contributed by atoms with Gasteiger partial charge < -0.3 is 5.32 Å². The predicted octanol–water partition coefficient (Wildman–Crippen LogP) is 3.89. The van der Waals surface area contributed by atoms with Crippen LogP contribution in [0.3, 0.4) is 0 Å². The maximum absolute atomic E-state index is 12.3. The minimum Gasteiger partial charge on any atom is -0.320 e. The number of aromatic nitrogens is 2. The number of nitrogens with one attached hydrogen (secondary N) is 2.